The molecule has 1 heterocycles. The first-order chi connectivity index (χ1) is 14.3. The minimum atomic E-state index is -0.180. The molecule has 2 nitrogen and oxygen atoms in total. The first kappa shape index (κ1) is 27.2. The van der Waals surface area contributed by atoms with Crippen molar-refractivity contribution in [3.63, 3.8) is 0 Å². The zero-order chi connectivity index (χ0) is 22.3. The minimum Gasteiger partial charge on any atom is -0.375 e. The lowest BCUT2D eigenvalue weighted by molar-refractivity contribution is 0.284. The summed E-state index contributed by atoms with van der Waals surface area (Å²) in [6, 6.07) is 5.31. The van der Waals surface area contributed by atoms with Crippen LogP contribution in [0.25, 0.3) is 5.57 Å². The first-order valence-corrected chi connectivity index (χ1v) is 11.4. The van der Waals surface area contributed by atoms with Gasteiger partial charge in [0.15, 0.2) is 0 Å². The molecule has 0 aromatic heterocycles. The summed E-state index contributed by atoms with van der Waals surface area (Å²) >= 11 is 0. The lowest BCUT2D eigenvalue weighted by Gasteiger charge is -2.31. The number of rotatable bonds is 7. The second kappa shape index (κ2) is 12.9. The Morgan fingerprint density at radius 2 is 1.65 bits per heavy atom. The van der Waals surface area contributed by atoms with Crippen LogP contribution in [0, 0.1) is 12.7 Å². The van der Waals surface area contributed by atoms with E-state index in [9.17, 15) is 4.39 Å². The average Bonchev–Trinajstić information content (AvgIpc) is 2.71. The van der Waals surface area contributed by atoms with Crippen molar-refractivity contribution in [2.45, 2.75) is 80.6 Å². The third kappa shape index (κ3) is 7.35. The lowest BCUT2D eigenvalue weighted by Crippen LogP contribution is -2.29. The highest BCUT2D eigenvalue weighted by Crippen LogP contribution is 2.29. The van der Waals surface area contributed by atoms with Gasteiger partial charge in [-0.25, -0.2) is 4.39 Å². The van der Waals surface area contributed by atoms with Gasteiger partial charge in [-0.2, -0.15) is 0 Å². The number of aryl methyl sites for hydroxylation is 1. The maximum Gasteiger partial charge on any atom is 0.124 e. The second-order valence-electron chi connectivity index (χ2n) is 8.45. The highest BCUT2D eigenvalue weighted by atomic mass is 35.5. The van der Waals surface area contributed by atoms with Crippen LogP contribution in [0.2, 0.25) is 0 Å². The Labute approximate surface area is 195 Å². The number of piperidine rings is 1. The standard InChI is InChI=1S/C27H39FN2.ClH/c1-8-13-20(4)29-27(21(5)23(7)30-14-11-10-12-15-30)22(6)26(9-2)24-16-19(3)17-25(28)18-24;/h13,16-18H,8-12,14-15H2,1-7H3;1H/b20-13+,23-21+,26-22+,29-27?;. The van der Waals surface area contributed by atoms with Gasteiger partial charge in [0.05, 0.1) is 5.71 Å². The van der Waals surface area contributed by atoms with Gasteiger partial charge in [0.2, 0.25) is 0 Å². The molecule has 0 radical (unpaired) electrons. The summed E-state index contributed by atoms with van der Waals surface area (Å²) in [6.45, 7) is 17.1. The molecule has 1 aromatic carbocycles. The van der Waals surface area contributed by atoms with Crippen molar-refractivity contribution in [3.8, 4) is 0 Å². The van der Waals surface area contributed by atoms with E-state index in [1.807, 2.05) is 6.92 Å². The number of allylic oxidation sites excluding steroid dienone is 6. The predicted octanol–water partition coefficient (Wildman–Crippen LogP) is 8.27. The van der Waals surface area contributed by atoms with Crippen LogP contribution in [0.1, 0.15) is 84.8 Å². The Morgan fingerprint density at radius 3 is 2.19 bits per heavy atom. The van der Waals surface area contributed by atoms with E-state index in [4.69, 9.17) is 4.99 Å². The minimum absolute atomic E-state index is 0. The van der Waals surface area contributed by atoms with Crippen LogP contribution < -0.4 is 0 Å². The van der Waals surface area contributed by atoms with E-state index in [2.05, 4.69) is 58.6 Å². The summed E-state index contributed by atoms with van der Waals surface area (Å²) in [6.07, 6.45) is 7.78. The molecule has 0 aliphatic carbocycles. The molecule has 0 unspecified atom stereocenters. The van der Waals surface area contributed by atoms with Gasteiger partial charge in [-0.3, -0.25) is 4.99 Å². The quantitative estimate of drug-likeness (QED) is 0.384. The van der Waals surface area contributed by atoms with E-state index in [0.717, 1.165) is 59.6 Å². The number of hydrogen-bond acceptors (Lipinski definition) is 2. The molecule has 1 fully saturated rings. The molecular formula is C27H40ClFN2. The molecule has 1 aromatic rings. The average molecular weight is 447 g/mol. The van der Waals surface area contributed by atoms with Crippen molar-refractivity contribution >= 4 is 23.7 Å². The smallest absolute Gasteiger partial charge is 0.124 e. The molecule has 172 valence electrons. The molecule has 1 aliphatic rings. The van der Waals surface area contributed by atoms with Gasteiger partial charge in [-0.1, -0.05) is 26.0 Å². The molecule has 0 spiro atoms. The van der Waals surface area contributed by atoms with Crippen LogP contribution in [-0.4, -0.2) is 23.7 Å². The van der Waals surface area contributed by atoms with Crippen molar-refractivity contribution < 1.29 is 4.39 Å². The number of halogens is 2. The molecule has 1 aliphatic heterocycles. The van der Waals surface area contributed by atoms with E-state index < -0.39 is 0 Å². The highest BCUT2D eigenvalue weighted by Gasteiger charge is 2.18. The number of likely N-dealkylation sites (tertiary alicyclic amines) is 1. The Hall–Kier alpha value is -1.87. The van der Waals surface area contributed by atoms with Gasteiger partial charge in [-0.05, 0) is 107 Å². The zero-order valence-corrected chi connectivity index (χ0v) is 21.3. The van der Waals surface area contributed by atoms with Gasteiger partial charge in [0.1, 0.15) is 5.82 Å². The maximum absolute atomic E-state index is 14.2. The Morgan fingerprint density at radius 1 is 1.00 bits per heavy atom. The number of hydrogen-bond donors (Lipinski definition) is 0. The molecule has 0 amide bonds. The first-order valence-electron chi connectivity index (χ1n) is 11.4. The molecule has 2 rings (SSSR count). The van der Waals surface area contributed by atoms with E-state index >= 15 is 0 Å². The second-order valence-corrected chi connectivity index (χ2v) is 8.45. The number of benzene rings is 1. The van der Waals surface area contributed by atoms with E-state index in [0.29, 0.717) is 0 Å². The Balaban J connectivity index is 0.00000480. The largest absolute Gasteiger partial charge is 0.375 e. The summed E-state index contributed by atoms with van der Waals surface area (Å²) in [5, 5.41) is 0. The summed E-state index contributed by atoms with van der Waals surface area (Å²) in [5.74, 6) is -0.180. The molecule has 0 N–H and O–H groups in total. The third-order valence-electron chi connectivity index (χ3n) is 6.07. The van der Waals surface area contributed by atoms with Gasteiger partial charge >= 0.3 is 0 Å². The molecule has 0 atom stereocenters. The molecule has 4 heteroatoms. The molecule has 0 saturated carbocycles. The normalized spacial score (nSPS) is 17.1. The van der Waals surface area contributed by atoms with Crippen molar-refractivity contribution in [1.82, 2.24) is 4.90 Å². The van der Waals surface area contributed by atoms with Crippen molar-refractivity contribution in [2.75, 3.05) is 13.1 Å². The Kier molecular flexibility index (Phi) is 11.3. The predicted molar refractivity (Wildman–Crippen MR) is 137 cm³/mol. The van der Waals surface area contributed by atoms with Crippen molar-refractivity contribution in [3.05, 3.63) is 63.8 Å². The molecule has 31 heavy (non-hydrogen) atoms. The monoisotopic (exact) mass is 446 g/mol. The Bertz CT molecular complexity index is 851. The van der Waals surface area contributed by atoms with Crippen LogP contribution in [0.5, 0.6) is 0 Å². The van der Waals surface area contributed by atoms with Crippen LogP contribution >= 0.6 is 12.4 Å². The van der Waals surface area contributed by atoms with E-state index in [-0.39, 0.29) is 18.2 Å². The van der Waals surface area contributed by atoms with Gasteiger partial charge in [0, 0.05) is 24.5 Å². The summed E-state index contributed by atoms with van der Waals surface area (Å²) in [5.41, 5.74) is 8.79. The topological polar surface area (TPSA) is 15.6 Å². The SMILES string of the molecule is CC/C=C(\C)N=C(/C(C)=C(\CC)c1cc(C)cc(F)c1)/C(C)=C(\C)N1CCCCC1.Cl. The van der Waals surface area contributed by atoms with Crippen molar-refractivity contribution in [2.24, 2.45) is 4.99 Å². The summed E-state index contributed by atoms with van der Waals surface area (Å²) < 4.78 is 14.2. The van der Waals surface area contributed by atoms with Gasteiger partial charge < -0.3 is 4.90 Å². The van der Waals surface area contributed by atoms with Crippen molar-refractivity contribution in [1.29, 1.82) is 0 Å². The third-order valence-corrected chi connectivity index (χ3v) is 6.07. The number of aliphatic imine (C=N–C) groups is 1. The summed E-state index contributed by atoms with van der Waals surface area (Å²) in [4.78, 5) is 7.56. The van der Waals surface area contributed by atoms with Crippen LogP contribution in [0.3, 0.4) is 0 Å². The lowest BCUT2D eigenvalue weighted by atomic mass is 9.91. The molecule has 0 bridgehead atoms. The highest BCUT2D eigenvalue weighted by molar-refractivity contribution is 6.16. The molecule has 1 saturated heterocycles. The number of nitrogens with zero attached hydrogens (tertiary/aromatic N) is 2. The van der Waals surface area contributed by atoms with Crippen LogP contribution in [0.15, 0.2) is 51.8 Å². The molecular weight excluding hydrogens is 407 g/mol. The van der Waals surface area contributed by atoms with Gasteiger partial charge in [0.25, 0.3) is 0 Å². The van der Waals surface area contributed by atoms with Crippen LogP contribution in [-0.2, 0) is 0 Å². The zero-order valence-electron chi connectivity index (χ0n) is 20.4. The fraction of sp³-hybridized carbons (Fsp3) is 0.519. The fourth-order valence-electron chi connectivity index (χ4n) is 4.34. The van der Waals surface area contributed by atoms with Gasteiger partial charge in [-0.15, -0.1) is 12.4 Å². The van der Waals surface area contributed by atoms with E-state index in [1.54, 1.807) is 12.1 Å². The van der Waals surface area contributed by atoms with Crippen LogP contribution in [0.4, 0.5) is 4.39 Å². The van der Waals surface area contributed by atoms with E-state index in [1.165, 1.54) is 30.5 Å². The summed E-state index contributed by atoms with van der Waals surface area (Å²) in [7, 11) is 0. The maximum atomic E-state index is 14.2. The fourth-order valence-corrected chi connectivity index (χ4v) is 4.34.